The summed E-state index contributed by atoms with van der Waals surface area (Å²) in [5, 5.41) is 3.72. The summed E-state index contributed by atoms with van der Waals surface area (Å²) in [5.41, 5.74) is -0.291. The number of halogens is 2. The third-order valence-electron chi connectivity index (χ3n) is 4.01. The smallest absolute Gasteiger partial charge is 0.339 e. The molecule has 1 aliphatic heterocycles. The molecule has 1 unspecified atom stereocenters. The molecule has 1 atom stereocenters. The highest BCUT2D eigenvalue weighted by atomic mass is 19.3. The summed E-state index contributed by atoms with van der Waals surface area (Å²) in [5.74, 6) is -4.00. The van der Waals surface area contributed by atoms with Gasteiger partial charge in [-0.25, -0.2) is 0 Å². The second-order valence-electron chi connectivity index (χ2n) is 5.71. The Labute approximate surface area is 132 Å². The van der Waals surface area contributed by atoms with Gasteiger partial charge in [-0.15, -0.1) is 0 Å². The zero-order chi connectivity index (χ0) is 16.4. The minimum atomic E-state index is -3.53. The summed E-state index contributed by atoms with van der Waals surface area (Å²) in [6.45, 7) is 2.18. The quantitative estimate of drug-likeness (QED) is 0.872. The molecule has 0 spiro atoms. The number of rotatable bonds is 3. The zero-order valence-electron chi connectivity index (χ0n) is 12.7. The fourth-order valence-corrected chi connectivity index (χ4v) is 2.81. The van der Waals surface area contributed by atoms with E-state index in [1.54, 1.807) is 13.0 Å². The monoisotopic (exact) mass is 321 g/mol. The van der Waals surface area contributed by atoms with Crippen molar-refractivity contribution >= 4 is 5.91 Å². The Hall–Kier alpha value is -2.31. The topological polar surface area (TPSA) is 59.2 Å². The van der Waals surface area contributed by atoms with E-state index in [2.05, 4.69) is 10.1 Å². The maximum atomic E-state index is 14.4. The van der Waals surface area contributed by atoms with Crippen molar-refractivity contribution in [2.75, 3.05) is 13.1 Å². The number of hydrogen-bond donors (Lipinski definition) is 0. The molecule has 1 amide bonds. The highest BCUT2D eigenvalue weighted by Crippen LogP contribution is 2.33. The Morgan fingerprint density at radius 3 is 2.74 bits per heavy atom. The van der Waals surface area contributed by atoms with Crippen LogP contribution in [0.1, 0.15) is 36.0 Å². The number of piperidine rings is 1. The summed E-state index contributed by atoms with van der Waals surface area (Å²) >= 11 is 0. The fraction of sp³-hybridized carbons (Fsp3) is 0.438. The predicted molar refractivity (Wildman–Crippen MR) is 77.9 cm³/mol. The summed E-state index contributed by atoms with van der Waals surface area (Å²) in [6.07, 6.45) is 1.37. The molecule has 0 saturated carbocycles. The molecule has 2 aromatic rings. The Morgan fingerprint density at radius 1 is 1.35 bits per heavy atom. The molecule has 5 nitrogen and oxygen atoms in total. The molecule has 0 radical (unpaired) electrons. The maximum Gasteiger partial charge on any atom is 0.349 e. The van der Waals surface area contributed by atoms with Gasteiger partial charge in [-0.05, 0) is 19.8 Å². The highest BCUT2D eigenvalue weighted by Gasteiger charge is 2.45. The van der Waals surface area contributed by atoms with E-state index in [1.165, 1.54) is 29.2 Å². The summed E-state index contributed by atoms with van der Waals surface area (Å²) < 4.78 is 34.0. The molecule has 0 aliphatic carbocycles. The first-order valence-corrected chi connectivity index (χ1v) is 7.51. The van der Waals surface area contributed by atoms with Gasteiger partial charge in [0.2, 0.25) is 5.89 Å². The van der Waals surface area contributed by atoms with Crippen molar-refractivity contribution in [3.05, 3.63) is 47.6 Å². The normalized spacial score (nSPS) is 18.9. The largest absolute Gasteiger partial charge is 0.349 e. The van der Waals surface area contributed by atoms with Gasteiger partial charge in [-0.1, -0.05) is 35.5 Å². The van der Waals surface area contributed by atoms with E-state index in [0.29, 0.717) is 24.7 Å². The van der Waals surface area contributed by atoms with Crippen molar-refractivity contribution in [1.82, 2.24) is 15.0 Å². The Bertz CT molecular complexity index is 688. The van der Waals surface area contributed by atoms with Gasteiger partial charge in [0.25, 0.3) is 5.91 Å². The Kier molecular flexibility index (Phi) is 4.11. The number of benzene rings is 1. The third-order valence-corrected chi connectivity index (χ3v) is 4.01. The molecule has 0 bridgehead atoms. The minimum absolute atomic E-state index is 0.170. The summed E-state index contributed by atoms with van der Waals surface area (Å²) in [4.78, 5) is 17.7. The van der Waals surface area contributed by atoms with Gasteiger partial charge in [0.05, 0.1) is 5.92 Å². The lowest BCUT2D eigenvalue weighted by Gasteiger charge is -2.33. The molecule has 1 saturated heterocycles. The molecule has 7 heteroatoms. The van der Waals surface area contributed by atoms with Gasteiger partial charge in [0, 0.05) is 18.7 Å². The van der Waals surface area contributed by atoms with Crippen LogP contribution in [0, 0.1) is 6.92 Å². The van der Waals surface area contributed by atoms with Crippen LogP contribution in [0.2, 0.25) is 0 Å². The first-order chi connectivity index (χ1) is 11.0. The van der Waals surface area contributed by atoms with E-state index in [9.17, 15) is 13.6 Å². The van der Waals surface area contributed by atoms with Gasteiger partial charge >= 0.3 is 5.92 Å². The second-order valence-corrected chi connectivity index (χ2v) is 5.71. The Balaban J connectivity index is 1.77. The van der Waals surface area contributed by atoms with Crippen LogP contribution in [0.4, 0.5) is 8.78 Å². The number of amides is 1. The lowest BCUT2D eigenvalue weighted by atomic mass is 9.96. The molecular formula is C16H17F2N3O2. The molecule has 2 heterocycles. The first-order valence-electron chi connectivity index (χ1n) is 7.51. The highest BCUT2D eigenvalue weighted by molar-refractivity contribution is 5.85. The van der Waals surface area contributed by atoms with Crippen molar-refractivity contribution in [2.45, 2.75) is 31.6 Å². The first kappa shape index (κ1) is 15.6. The molecular weight excluding hydrogens is 304 g/mol. The van der Waals surface area contributed by atoms with Crippen LogP contribution in [0.15, 0.2) is 34.9 Å². The van der Waals surface area contributed by atoms with Crippen LogP contribution >= 0.6 is 0 Å². The third kappa shape index (κ3) is 3.09. The SMILES string of the molecule is Cc1noc(C2CCCN(C(=O)C(F)(F)c3ccccc3)C2)n1. The average molecular weight is 321 g/mol. The van der Waals surface area contributed by atoms with Crippen LogP contribution in [0.5, 0.6) is 0 Å². The van der Waals surface area contributed by atoms with E-state index in [-0.39, 0.29) is 18.0 Å². The molecule has 1 fully saturated rings. The molecule has 122 valence electrons. The molecule has 1 aromatic heterocycles. The molecule has 3 rings (SSSR count). The number of carbonyl (C=O) groups excluding carboxylic acids is 1. The van der Waals surface area contributed by atoms with Crippen LogP contribution in [0.3, 0.4) is 0 Å². The van der Waals surface area contributed by atoms with Gasteiger partial charge in [-0.2, -0.15) is 13.8 Å². The molecule has 1 aromatic carbocycles. The zero-order valence-corrected chi connectivity index (χ0v) is 12.7. The number of nitrogens with zero attached hydrogens (tertiary/aromatic N) is 3. The van der Waals surface area contributed by atoms with Crippen molar-refractivity contribution in [3.8, 4) is 0 Å². The van der Waals surface area contributed by atoms with E-state index < -0.39 is 11.8 Å². The standard InChI is InChI=1S/C16H17F2N3O2/c1-11-19-14(23-20-11)12-6-5-9-21(10-12)15(22)16(17,18)13-7-3-2-4-8-13/h2-4,7-8,12H,5-6,9-10H2,1H3. The predicted octanol–water partition coefficient (Wildman–Crippen LogP) is 2.88. The number of aryl methyl sites for hydroxylation is 1. The number of alkyl halides is 2. The minimum Gasteiger partial charge on any atom is -0.339 e. The maximum absolute atomic E-state index is 14.4. The van der Waals surface area contributed by atoms with Crippen LogP contribution in [-0.2, 0) is 10.7 Å². The van der Waals surface area contributed by atoms with E-state index in [4.69, 9.17) is 4.52 Å². The van der Waals surface area contributed by atoms with E-state index >= 15 is 0 Å². The van der Waals surface area contributed by atoms with E-state index in [0.717, 1.165) is 6.42 Å². The van der Waals surface area contributed by atoms with Crippen LogP contribution in [-0.4, -0.2) is 34.0 Å². The van der Waals surface area contributed by atoms with Crippen LogP contribution < -0.4 is 0 Å². The van der Waals surface area contributed by atoms with Crippen molar-refractivity contribution < 1.29 is 18.1 Å². The lowest BCUT2D eigenvalue weighted by Crippen LogP contribution is -2.46. The van der Waals surface area contributed by atoms with Crippen molar-refractivity contribution in [3.63, 3.8) is 0 Å². The van der Waals surface area contributed by atoms with Crippen LogP contribution in [0.25, 0.3) is 0 Å². The second kappa shape index (κ2) is 6.06. The van der Waals surface area contributed by atoms with Crippen molar-refractivity contribution in [1.29, 1.82) is 0 Å². The van der Waals surface area contributed by atoms with E-state index in [1.807, 2.05) is 0 Å². The van der Waals surface area contributed by atoms with Gasteiger partial charge in [-0.3, -0.25) is 4.79 Å². The summed E-state index contributed by atoms with van der Waals surface area (Å²) in [7, 11) is 0. The number of likely N-dealkylation sites (tertiary alicyclic amines) is 1. The Morgan fingerprint density at radius 2 is 2.09 bits per heavy atom. The molecule has 1 aliphatic rings. The number of aromatic nitrogens is 2. The average Bonchev–Trinajstić information content (AvgIpc) is 3.01. The lowest BCUT2D eigenvalue weighted by molar-refractivity contribution is -0.160. The number of hydrogen-bond acceptors (Lipinski definition) is 4. The van der Waals surface area contributed by atoms with Gasteiger partial charge in [0.15, 0.2) is 5.82 Å². The van der Waals surface area contributed by atoms with Crippen molar-refractivity contribution in [2.24, 2.45) is 0 Å². The number of carbonyl (C=O) groups is 1. The van der Waals surface area contributed by atoms with Gasteiger partial charge < -0.3 is 9.42 Å². The molecule has 0 N–H and O–H groups in total. The van der Waals surface area contributed by atoms with Gasteiger partial charge in [0.1, 0.15) is 0 Å². The molecule has 23 heavy (non-hydrogen) atoms. The summed E-state index contributed by atoms with van der Waals surface area (Å²) in [6, 6.07) is 7.16. The fourth-order valence-electron chi connectivity index (χ4n) is 2.81.